The van der Waals surface area contributed by atoms with Gasteiger partial charge in [-0.05, 0) is 100 Å². The second kappa shape index (κ2) is 10.4. The van der Waals surface area contributed by atoms with Crippen LogP contribution in [-0.2, 0) is 10.8 Å². The number of hydrogen-bond donors (Lipinski definition) is 0. The van der Waals surface area contributed by atoms with Crippen molar-refractivity contribution < 1.29 is 0 Å². The number of benzene rings is 2. The maximum Gasteiger partial charge on any atom is 0.0139 e. The van der Waals surface area contributed by atoms with Crippen LogP contribution in [0, 0.1) is 0 Å². The molecule has 34 heavy (non-hydrogen) atoms. The number of thioether (sulfide) groups is 1. The SMILES string of the molecule is CSc1c(C2CCCCC2)cc(-c2cc(C(C)(C)C)cc(C(C)(C)C)c2)cc1C1CCCCC1. The fourth-order valence-electron chi connectivity index (χ4n) is 6.17. The predicted octanol–water partition coefficient (Wildman–Crippen LogP) is 10.8. The topological polar surface area (TPSA) is 0 Å². The monoisotopic (exact) mass is 476 g/mol. The maximum absolute atomic E-state index is 2.61. The summed E-state index contributed by atoms with van der Waals surface area (Å²) in [6.45, 7) is 14.1. The molecule has 1 heteroatoms. The first-order valence-corrected chi connectivity index (χ1v) is 15.2. The summed E-state index contributed by atoms with van der Waals surface area (Å²) in [6.07, 6.45) is 16.2. The molecule has 0 nitrogen and oxygen atoms in total. The van der Waals surface area contributed by atoms with Crippen LogP contribution < -0.4 is 0 Å². The maximum atomic E-state index is 2.61. The quantitative estimate of drug-likeness (QED) is 0.395. The van der Waals surface area contributed by atoms with E-state index in [-0.39, 0.29) is 10.8 Å². The largest absolute Gasteiger partial charge is 0.129 e. The summed E-state index contributed by atoms with van der Waals surface area (Å²) in [5, 5.41) is 0. The lowest BCUT2D eigenvalue weighted by atomic mass is 9.76. The molecule has 0 bridgehead atoms. The van der Waals surface area contributed by atoms with Gasteiger partial charge in [0.15, 0.2) is 0 Å². The van der Waals surface area contributed by atoms with Gasteiger partial charge in [0.05, 0.1) is 0 Å². The van der Waals surface area contributed by atoms with Crippen LogP contribution in [0.2, 0.25) is 0 Å². The third-order valence-corrected chi connectivity index (χ3v) is 9.32. The van der Waals surface area contributed by atoms with Crippen molar-refractivity contribution >= 4 is 11.8 Å². The molecule has 2 aromatic carbocycles. The Morgan fingerprint density at radius 2 is 0.941 bits per heavy atom. The molecular formula is C33H48S. The molecule has 0 amide bonds. The van der Waals surface area contributed by atoms with Crippen molar-refractivity contribution in [3.63, 3.8) is 0 Å². The van der Waals surface area contributed by atoms with Crippen LogP contribution in [0.5, 0.6) is 0 Å². The minimum absolute atomic E-state index is 0.146. The van der Waals surface area contributed by atoms with Gasteiger partial charge in [-0.25, -0.2) is 0 Å². The molecule has 0 N–H and O–H groups in total. The van der Waals surface area contributed by atoms with Crippen molar-refractivity contribution in [2.24, 2.45) is 0 Å². The molecule has 2 aromatic rings. The van der Waals surface area contributed by atoms with Gasteiger partial charge in [-0.3, -0.25) is 0 Å². The number of hydrogen-bond acceptors (Lipinski definition) is 1. The highest BCUT2D eigenvalue weighted by Crippen LogP contribution is 2.46. The van der Waals surface area contributed by atoms with Gasteiger partial charge in [0.1, 0.15) is 0 Å². The zero-order chi connectivity index (χ0) is 24.5. The lowest BCUT2D eigenvalue weighted by Gasteiger charge is -2.31. The molecule has 4 rings (SSSR count). The second-order valence-corrected chi connectivity index (χ2v) is 14.0. The van der Waals surface area contributed by atoms with Gasteiger partial charge in [0.25, 0.3) is 0 Å². The van der Waals surface area contributed by atoms with Crippen LogP contribution in [0.3, 0.4) is 0 Å². The van der Waals surface area contributed by atoms with Gasteiger partial charge in [0, 0.05) is 4.90 Å². The smallest absolute Gasteiger partial charge is 0.0139 e. The normalized spacial score (nSPS) is 18.9. The van der Waals surface area contributed by atoms with E-state index in [9.17, 15) is 0 Å². The van der Waals surface area contributed by atoms with Gasteiger partial charge in [0.2, 0.25) is 0 Å². The van der Waals surface area contributed by atoms with Crippen molar-refractivity contribution in [1.29, 1.82) is 0 Å². The third-order valence-electron chi connectivity index (χ3n) is 8.44. The molecule has 0 unspecified atom stereocenters. The number of rotatable bonds is 4. The van der Waals surface area contributed by atoms with E-state index in [0.717, 1.165) is 11.8 Å². The molecule has 2 aliphatic carbocycles. The molecule has 2 saturated carbocycles. The van der Waals surface area contributed by atoms with Gasteiger partial charge >= 0.3 is 0 Å². The summed E-state index contributed by atoms with van der Waals surface area (Å²) in [6, 6.07) is 12.7. The zero-order valence-electron chi connectivity index (χ0n) is 23.0. The van der Waals surface area contributed by atoms with E-state index in [2.05, 4.69) is 78.1 Å². The Morgan fingerprint density at radius 1 is 0.559 bits per heavy atom. The van der Waals surface area contributed by atoms with Crippen LogP contribution in [-0.4, -0.2) is 6.26 Å². The molecule has 0 aromatic heterocycles. The van der Waals surface area contributed by atoms with Crippen molar-refractivity contribution in [2.45, 2.75) is 133 Å². The highest BCUT2D eigenvalue weighted by Gasteiger charge is 2.27. The Bertz CT molecular complexity index is 901. The molecular weight excluding hydrogens is 428 g/mol. The minimum Gasteiger partial charge on any atom is -0.129 e. The summed E-state index contributed by atoms with van der Waals surface area (Å²) in [5.74, 6) is 1.48. The van der Waals surface area contributed by atoms with Crippen molar-refractivity contribution in [2.75, 3.05) is 6.26 Å². The third kappa shape index (κ3) is 5.77. The Morgan fingerprint density at radius 3 is 1.29 bits per heavy atom. The lowest BCUT2D eigenvalue weighted by molar-refractivity contribution is 0.428. The summed E-state index contributed by atoms with van der Waals surface area (Å²) in [5.41, 5.74) is 9.45. The fourth-order valence-corrected chi connectivity index (χ4v) is 7.09. The first-order chi connectivity index (χ1) is 16.1. The van der Waals surface area contributed by atoms with E-state index in [1.54, 1.807) is 16.0 Å². The van der Waals surface area contributed by atoms with E-state index >= 15 is 0 Å². The van der Waals surface area contributed by atoms with Crippen LogP contribution >= 0.6 is 11.8 Å². The highest BCUT2D eigenvalue weighted by atomic mass is 32.2. The summed E-state index contributed by atoms with van der Waals surface area (Å²) >= 11 is 2.03. The van der Waals surface area contributed by atoms with Crippen LogP contribution in [0.25, 0.3) is 11.1 Å². The average molecular weight is 477 g/mol. The lowest BCUT2D eigenvalue weighted by Crippen LogP contribution is -2.16. The molecule has 0 heterocycles. The van der Waals surface area contributed by atoms with Gasteiger partial charge < -0.3 is 0 Å². The Balaban J connectivity index is 1.92. The highest BCUT2D eigenvalue weighted by molar-refractivity contribution is 7.98. The molecule has 0 spiro atoms. The van der Waals surface area contributed by atoms with Gasteiger partial charge in [-0.2, -0.15) is 0 Å². The Hall–Kier alpha value is -1.21. The van der Waals surface area contributed by atoms with E-state index in [0.29, 0.717) is 0 Å². The zero-order valence-corrected chi connectivity index (χ0v) is 23.8. The molecule has 2 aliphatic rings. The standard InChI is InChI=1S/C33H48S/c1-32(2,3)27-18-25(19-28(22-27)33(4,5)6)26-20-29(23-14-10-8-11-15-23)31(34-7)30(21-26)24-16-12-9-13-17-24/h18-24H,8-17H2,1-7H3. The molecule has 0 radical (unpaired) electrons. The van der Waals surface area contributed by atoms with E-state index in [1.807, 2.05) is 11.8 Å². The molecule has 0 atom stereocenters. The Kier molecular flexibility index (Phi) is 7.93. The van der Waals surface area contributed by atoms with Crippen molar-refractivity contribution in [3.8, 4) is 11.1 Å². The molecule has 0 saturated heterocycles. The minimum atomic E-state index is 0.146. The summed E-state index contributed by atoms with van der Waals surface area (Å²) in [4.78, 5) is 1.63. The van der Waals surface area contributed by atoms with Crippen LogP contribution in [0.15, 0.2) is 35.2 Å². The second-order valence-electron chi connectivity index (χ2n) is 13.2. The van der Waals surface area contributed by atoms with Crippen molar-refractivity contribution in [3.05, 3.63) is 52.6 Å². The fraction of sp³-hybridized carbons (Fsp3) is 0.636. The molecule has 0 aliphatic heterocycles. The average Bonchev–Trinajstić information content (AvgIpc) is 2.83. The molecule has 186 valence electrons. The van der Waals surface area contributed by atoms with E-state index < -0.39 is 0 Å². The van der Waals surface area contributed by atoms with Crippen LogP contribution in [0.1, 0.15) is 140 Å². The van der Waals surface area contributed by atoms with Crippen LogP contribution in [0.4, 0.5) is 0 Å². The first-order valence-electron chi connectivity index (χ1n) is 14.0. The predicted molar refractivity (Wildman–Crippen MR) is 153 cm³/mol. The summed E-state index contributed by atoms with van der Waals surface area (Å²) in [7, 11) is 0. The first kappa shape index (κ1) is 25.9. The van der Waals surface area contributed by atoms with Gasteiger partial charge in [-0.15, -0.1) is 11.8 Å². The van der Waals surface area contributed by atoms with E-state index in [1.165, 1.54) is 86.5 Å². The van der Waals surface area contributed by atoms with E-state index in [4.69, 9.17) is 0 Å². The Labute approximate surface area is 214 Å². The van der Waals surface area contributed by atoms with Crippen molar-refractivity contribution in [1.82, 2.24) is 0 Å². The molecule has 2 fully saturated rings. The summed E-state index contributed by atoms with van der Waals surface area (Å²) < 4.78 is 0. The van der Waals surface area contributed by atoms with Gasteiger partial charge in [-0.1, -0.05) is 98.3 Å².